The highest BCUT2D eigenvalue weighted by Gasteiger charge is 2.13. The van der Waals surface area contributed by atoms with Gasteiger partial charge >= 0.3 is 0 Å². The van der Waals surface area contributed by atoms with E-state index in [2.05, 4.69) is 15.3 Å². The average molecular weight is 361 g/mol. The number of amides is 1. The zero-order valence-corrected chi connectivity index (χ0v) is 15.8. The highest BCUT2D eigenvalue weighted by molar-refractivity contribution is 5.93. The molecular weight excluding hydrogens is 338 g/mol. The third-order valence-corrected chi connectivity index (χ3v) is 4.15. The SMILES string of the molecule is CN(Cc1ccccc1)C(=O)c1cnc(Nc2ccc(N(C)C)cc2)nc1. The molecule has 0 spiro atoms. The number of hydrogen-bond acceptors (Lipinski definition) is 5. The minimum Gasteiger partial charge on any atom is -0.378 e. The number of nitrogens with zero attached hydrogens (tertiary/aromatic N) is 4. The molecule has 1 heterocycles. The van der Waals surface area contributed by atoms with Gasteiger partial charge in [0, 0.05) is 51.5 Å². The smallest absolute Gasteiger partial charge is 0.257 e. The third-order valence-electron chi connectivity index (χ3n) is 4.15. The molecule has 0 radical (unpaired) electrons. The molecule has 6 nitrogen and oxygen atoms in total. The molecule has 0 bridgehead atoms. The lowest BCUT2D eigenvalue weighted by Gasteiger charge is -2.17. The zero-order chi connectivity index (χ0) is 19.2. The Bertz CT molecular complexity index is 877. The Hall–Kier alpha value is -3.41. The fourth-order valence-corrected chi connectivity index (χ4v) is 2.62. The molecule has 0 saturated carbocycles. The quantitative estimate of drug-likeness (QED) is 0.727. The molecular formula is C21H23N5O. The maximum absolute atomic E-state index is 12.5. The van der Waals surface area contributed by atoms with E-state index in [0.29, 0.717) is 18.1 Å². The number of hydrogen-bond donors (Lipinski definition) is 1. The van der Waals surface area contributed by atoms with Crippen LogP contribution in [0, 0.1) is 0 Å². The first-order valence-corrected chi connectivity index (χ1v) is 8.69. The van der Waals surface area contributed by atoms with Crippen molar-refractivity contribution < 1.29 is 4.79 Å². The second-order valence-corrected chi connectivity index (χ2v) is 6.51. The first kappa shape index (κ1) is 18.4. The molecule has 0 fully saturated rings. The van der Waals surface area contributed by atoms with Crippen LogP contribution in [0.3, 0.4) is 0 Å². The van der Waals surface area contributed by atoms with E-state index in [0.717, 1.165) is 16.9 Å². The summed E-state index contributed by atoms with van der Waals surface area (Å²) in [6.45, 7) is 0.540. The Balaban J connectivity index is 1.63. The molecule has 1 amide bonds. The van der Waals surface area contributed by atoms with Gasteiger partial charge in [0.1, 0.15) is 0 Å². The van der Waals surface area contributed by atoms with Crippen LogP contribution in [0.15, 0.2) is 67.0 Å². The van der Waals surface area contributed by atoms with Crippen molar-refractivity contribution in [2.45, 2.75) is 6.54 Å². The molecule has 0 aliphatic rings. The highest BCUT2D eigenvalue weighted by Crippen LogP contribution is 2.18. The molecule has 27 heavy (non-hydrogen) atoms. The largest absolute Gasteiger partial charge is 0.378 e. The van der Waals surface area contributed by atoms with Gasteiger partial charge in [0.15, 0.2) is 0 Å². The van der Waals surface area contributed by atoms with E-state index in [1.54, 1.807) is 24.3 Å². The van der Waals surface area contributed by atoms with E-state index < -0.39 is 0 Å². The van der Waals surface area contributed by atoms with E-state index in [-0.39, 0.29) is 5.91 Å². The normalized spacial score (nSPS) is 10.3. The van der Waals surface area contributed by atoms with E-state index >= 15 is 0 Å². The monoisotopic (exact) mass is 361 g/mol. The molecule has 0 saturated heterocycles. The molecule has 3 aromatic rings. The predicted molar refractivity (Wildman–Crippen MR) is 108 cm³/mol. The number of aromatic nitrogens is 2. The number of anilines is 3. The van der Waals surface area contributed by atoms with Gasteiger partial charge in [-0.25, -0.2) is 9.97 Å². The highest BCUT2D eigenvalue weighted by atomic mass is 16.2. The third kappa shape index (κ3) is 4.82. The Morgan fingerprint density at radius 3 is 2.15 bits per heavy atom. The number of carbonyl (C=O) groups is 1. The minimum atomic E-state index is -0.110. The molecule has 2 aromatic carbocycles. The molecule has 0 aliphatic heterocycles. The topological polar surface area (TPSA) is 61.4 Å². The Labute approximate surface area is 159 Å². The van der Waals surface area contributed by atoms with Gasteiger partial charge in [-0.3, -0.25) is 4.79 Å². The van der Waals surface area contributed by atoms with Crippen molar-refractivity contribution in [2.24, 2.45) is 0 Å². The van der Waals surface area contributed by atoms with Crippen LogP contribution in [0.1, 0.15) is 15.9 Å². The second-order valence-electron chi connectivity index (χ2n) is 6.51. The van der Waals surface area contributed by atoms with Gasteiger partial charge in [-0.05, 0) is 29.8 Å². The Morgan fingerprint density at radius 2 is 1.56 bits per heavy atom. The summed E-state index contributed by atoms with van der Waals surface area (Å²) >= 11 is 0. The maximum atomic E-state index is 12.5. The van der Waals surface area contributed by atoms with Crippen molar-refractivity contribution in [1.29, 1.82) is 0 Å². The summed E-state index contributed by atoms with van der Waals surface area (Å²) in [6, 6.07) is 17.8. The predicted octanol–water partition coefficient (Wildman–Crippen LogP) is 3.56. The van der Waals surface area contributed by atoms with E-state index in [9.17, 15) is 4.79 Å². The summed E-state index contributed by atoms with van der Waals surface area (Å²) in [7, 11) is 5.76. The van der Waals surface area contributed by atoms with E-state index in [4.69, 9.17) is 0 Å². The van der Waals surface area contributed by atoms with Gasteiger partial charge in [-0.1, -0.05) is 30.3 Å². The van der Waals surface area contributed by atoms with E-state index in [1.807, 2.05) is 73.6 Å². The van der Waals surface area contributed by atoms with Crippen LogP contribution < -0.4 is 10.2 Å². The van der Waals surface area contributed by atoms with Crippen molar-refractivity contribution >= 4 is 23.2 Å². The zero-order valence-electron chi connectivity index (χ0n) is 15.8. The van der Waals surface area contributed by atoms with Crippen LogP contribution in [0.4, 0.5) is 17.3 Å². The van der Waals surface area contributed by atoms with Crippen LogP contribution in [0.5, 0.6) is 0 Å². The van der Waals surface area contributed by atoms with Gasteiger partial charge in [0.2, 0.25) is 5.95 Å². The molecule has 0 atom stereocenters. The van der Waals surface area contributed by atoms with Gasteiger partial charge < -0.3 is 15.1 Å². The first-order chi connectivity index (χ1) is 13.0. The van der Waals surface area contributed by atoms with Crippen LogP contribution >= 0.6 is 0 Å². The van der Waals surface area contributed by atoms with Gasteiger partial charge in [0.25, 0.3) is 5.91 Å². The van der Waals surface area contributed by atoms with Gasteiger partial charge in [-0.2, -0.15) is 0 Å². The lowest BCUT2D eigenvalue weighted by atomic mass is 10.2. The lowest BCUT2D eigenvalue weighted by molar-refractivity contribution is 0.0784. The minimum absolute atomic E-state index is 0.110. The summed E-state index contributed by atoms with van der Waals surface area (Å²) < 4.78 is 0. The van der Waals surface area contributed by atoms with Crippen LogP contribution in [0.25, 0.3) is 0 Å². The number of rotatable bonds is 6. The maximum Gasteiger partial charge on any atom is 0.257 e. The van der Waals surface area contributed by atoms with Crippen LogP contribution in [-0.4, -0.2) is 41.9 Å². The summed E-state index contributed by atoms with van der Waals surface area (Å²) in [6.07, 6.45) is 3.10. The number of benzene rings is 2. The van der Waals surface area contributed by atoms with E-state index in [1.165, 1.54) is 0 Å². The average Bonchev–Trinajstić information content (AvgIpc) is 2.69. The molecule has 1 aromatic heterocycles. The summed E-state index contributed by atoms with van der Waals surface area (Å²) in [5.41, 5.74) is 3.54. The fourth-order valence-electron chi connectivity index (χ4n) is 2.62. The van der Waals surface area contributed by atoms with Crippen LogP contribution in [-0.2, 0) is 6.54 Å². The molecule has 0 unspecified atom stereocenters. The Morgan fingerprint density at radius 1 is 0.926 bits per heavy atom. The van der Waals surface area contributed by atoms with Crippen molar-refractivity contribution in [3.05, 3.63) is 78.1 Å². The van der Waals surface area contributed by atoms with Gasteiger partial charge in [-0.15, -0.1) is 0 Å². The Kier molecular flexibility index (Phi) is 5.66. The van der Waals surface area contributed by atoms with Crippen molar-refractivity contribution in [3.8, 4) is 0 Å². The number of nitrogens with one attached hydrogen (secondary N) is 1. The molecule has 0 aliphatic carbocycles. The standard InChI is InChI=1S/C21H23N5O/c1-25(2)19-11-9-18(10-12-19)24-21-22-13-17(14-23-21)20(27)26(3)15-16-7-5-4-6-8-16/h4-14H,15H2,1-3H3,(H,22,23,24). The van der Waals surface area contributed by atoms with Crippen molar-refractivity contribution in [2.75, 3.05) is 31.4 Å². The van der Waals surface area contributed by atoms with Crippen LogP contribution in [0.2, 0.25) is 0 Å². The second kappa shape index (κ2) is 8.31. The molecule has 138 valence electrons. The molecule has 6 heteroatoms. The first-order valence-electron chi connectivity index (χ1n) is 8.69. The number of carbonyl (C=O) groups excluding carboxylic acids is 1. The molecule has 1 N–H and O–H groups in total. The summed E-state index contributed by atoms with van der Waals surface area (Å²) in [5, 5.41) is 3.14. The van der Waals surface area contributed by atoms with Crippen molar-refractivity contribution in [1.82, 2.24) is 14.9 Å². The van der Waals surface area contributed by atoms with Crippen molar-refractivity contribution in [3.63, 3.8) is 0 Å². The molecule has 3 rings (SSSR count). The summed E-state index contributed by atoms with van der Waals surface area (Å²) in [5.74, 6) is 0.343. The summed E-state index contributed by atoms with van der Waals surface area (Å²) in [4.78, 5) is 24.8. The lowest BCUT2D eigenvalue weighted by Crippen LogP contribution is -2.26. The van der Waals surface area contributed by atoms with Gasteiger partial charge in [0.05, 0.1) is 5.56 Å². The fraction of sp³-hybridized carbons (Fsp3) is 0.190.